The van der Waals surface area contributed by atoms with Gasteiger partial charge in [-0.3, -0.25) is 0 Å². The van der Waals surface area contributed by atoms with Gasteiger partial charge in [0.1, 0.15) is 11.6 Å². The molecule has 1 saturated heterocycles. The Bertz CT molecular complexity index is 631. The van der Waals surface area contributed by atoms with E-state index in [0.717, 1.165) is 36.6 Å². The highest BCUT2D eigenvalue weighted by Crippen LogP contribution is 2.30. The Morgan fingerprint density at radius 2 is 2.19 bits per heavy atom. The van der Waals surface area contributed by atoms with Crippen LogP contribution >= 0.6 is 0 Å². The zero-order valence-electron chi connectivity index (χ0n) is 12.6. The van der Waals surface area contributed by atoms with Crippen molar-refractivity contribution in [2.75, 3.05) is 45.2 Å². The van der Waals surface area contributed by atoms with Crippen molar-refractivity contribution in [1.29, 1.82) is 0 Å². The average Bonchev–Trinajstić information content (AvgIpc) is 2.53. The van der Waals surface area contributed by atoms with Gasteiger partial charge in [0.25, 0.3) is 0 Å². The number of likely N-dealkylation sites (N-methyl/N-ethyl adjacent to an activating group) is 1. The van der Waals surface area contributed by atoms with Crippen LogP contribution in [-0.2, 0) is 0 Å². The molecule has 0 amide bonds. The van der Waals surface area contributed by atoms with E-state index in [2.05, 4.69) is 34.0 Å². The monoisotopic (exact) mass is 286 g/mol. The first-order valence-corrected chi connectivity index (χ1v) is 7.31. The molecule has 1 aromatic carbocycles. The molecule has 1 fully saturated rings. The predicted molar refractivity (Wildman–Crippen MR) is 86.0 cm³/mol. The van der Waals surface area contributed by atoms with E-state index in [9.17, 15) is 0 Å². The van der Waals surface area contributed by atoms with Gasteiger partial charge in [-0.25, -0.2) is 4.98 Å². The van der Waals surface area contributed by atoms with Gasteiger partial charge in [0.05, 0.1) is 13.2 Å². The van der Waals surface area contributed by atoms with Crippen molar-refractivity contribution in [1.82, 2.24) is 9.88 Å². The van der Waals surface area contributed by atoms with Crippen LogP contribution in [-0.4, -0.2) is 56.3 Å². The Morgan fingerprint density at radius 1 is 1.33 bits per heavy atom. The number of hydrogen-bond donors (Lipinski definition) is 1. The van der Waals surface area contributed by atoms with Crippen LogP contribution in [0.15, 0.2) is 30.5 Å². The molecule has 1 unspecified atom stereocenters. The molecule has 1 atom stereocenters. The van der Waals surface area contributed by atoms with E-state index < -0.39 is 0 Å². The molecule has 5 heteroatoms. The molecular weight excluding hydrogens is 264 g/mol. The van der Waals surface area contributed by atoms with Crippen LogP contribution < -0.4 is 15.4 Å². The maximum Gasteiger partial charge on any atom is 0.136 e. The van der Waals surface area contributed by atoms with E-state index in [1.165, 1.54) is 5.39 Å². The summed E-state index contributed by atoms with van der Waals surface area (Å²) in [5.74, 6) is 1.87. The van der Waals surface area contributed by atoms with E-state index in [-0.39, 0.29) is 0 Å². The molecule has 2 N–H and O–H groups in total. The topological polar surface area (TPSA) is 54.6 Å². The molecule has 0 spiro atoms. The Labute approximate surface area is 125 Å². The summed E-state index contributed by atoms with van der Waals surface area (Å²) in [4.78, 5) is 9.28. The van der Waals surface area contributed by atoms with Gasteiger partial charge in [0, 0.05) is 37.8 Å². The second-order valence-corrected chi connectivity index (χ2v) is 5.57. The van der Waals surface area contributed by atoms with E-state index in [4.69, 9.17) is 10.5 Å². The fourth-order valence-electron chi connectivity index (χ4n) is 2.98. The molecule has 1 aromatic heterocycles. The van der Waals surface area contributed by atoms with Crippen molar-refractivity contribution in [2.45, 2.75) is 6.04 Å². The molecule has 1 aliphatic rings. The second-order valence-electron chi connectivity index (χ2n) is 5.57. The summed E-state index contributed by atoms with van der Waals surface area (Å²) in [7, 11) is 3.83. The Balaban J connectivity index is 2.06. The number of benzene rings is 1. The molecule has 0 aliphatic carbocycles. The molecule has 0 radical (unpaired) electrons. The van der Waals surface area contributed by atoms with Crippen LogP contribution in [0.3, 0.4) is 0 Å². The van der Waals surface area contributed by atoms with Crippen LogP contribution in [0.25, 0.3) is 10.8 Å². The first-order chi connectivity index (χ1) is 10.2. The van der Waals surface area contributed by atoms with E-state index >= 15 is 0 Å². The van der Waals surface area contributed by atoms with E-state index in [1.807, 2.05) is 18.3 Å². The van der Waals surface area contributed by atoms with Crippen LogP contribution in [0.4, 0.5) is 5.82 Å². The van der Waals surface area contributed by atoms with Crippen LogP contribution in [0, 0.1) is 0 Å². The molecule has 0 bridgehead atoms. The number of hydrogen-bond acceptors (Lipinski definition) is 5. The third-order valence-corrected chi connectivity index (χ3v) is 4.18. The number of methoxy groups -OCH3 is 1. The van der Waals surface area contributed by atoms with Crippen molar-refractivity contribution in [3.63, 3.8) is 0 Å². The number of nitrogens with zero attached hydrogens (tertiary/aromatic N) is 3. The van der Waals surface area contributed by atoms with Crippen molar-refractivity contribution >= 4 is 16.6 Å². The highest BCUT2D eigenvalue weighted by molar-refractivity contribution is 5.93. The van der Waals surface area contributed by atoms with Gasteiger partial charge in [0.15, 0.2) is 0 Å². The summed E-state index contributed by atoms with van der Waals surface area (Å²) in [6.45, 7) is 3.57. The number of pyridine rings is 1. The summed E-state index contributed by atoms with van der Waals surface area (Å²) in [6.07, 6.45) is 1.87. The van der Waals surface area contributed by atoms with Crippen molar-refractivity contribution < 1.29 is 4.74 Å². The maximum absolute atomic E-state index is 5.97. The van der Waals surface area contributed by atoms with Gasteiger partial charge in [-0.15, -0.1) is 0 Å². The van der Waals surface area contributed by atoms with Gasteiger partial charge in [-0.2, -0.15) is 0 Å². The third-order valence-electron chi connectivity index (χ3n) is 4.18. The summed E-state index contributed by atoms with van der Waals surface area (Å²) in [5, 5.41) is 2.30. The number of piperazine rings is 1. The fraction of sp³-hybridized carbons (Fsp3) is 0.438. The molecule has 1 aliphatic heterocycles. The lowest BCUT2D eigenvalue weighted by molar-refractivity contribution is 0.269. The molecule has 3 rings (SSSR count). The SMILES string of the molecule is COc1ccc2ccnc(N3CCN(C)CC3CN)c2c1. The zero-order chi connectivity index (χ0) is 14.8. The quantitative estimate of drug-likeness (QED) is 0.922. The van der Waals surface area contributed by atoms with E-state index in [0.29, 0.717) is 12.6 Å². The normalized spacial score (nSPS) is 20.0. The lowest BCUT2D eigenvalue weighted by Crippen LogP contribution is -2.55. The van der Waals surface area contributed by atoms with Crippen LogP contribution in [0.1, 0.15) is 0 Å². The second kappa shape index (κ2) is 5.87. The largest absolute Gasteiger partial charge is 0.497 e. The van der Waals surface area contributed by atoms with Crippen LogP contribution in [0.2, 0.25) is 0 Å². The number of aromatic nitrogens is 1. The smallest absolute Gasteiger partial charge is 0.136 e. The van der Waals surface area contributed by atoms with Gasteiger partial charge in [-0.1, -0.05) is 6.07 Å². The minimum Gasteiger partial charge on any atom is -0.497 e. The van der Waals surface area contributed by atoms with Crippen molar-refractivity contribution in [3.8, 4) is 5.75 Å². The summed E-state index contributed by atoms with van der Waals surface area (Å²) < 4.78 is 5.36. The van der Waals surface area contributed by atoms with Gasteiger partial charge < -0.3 is 20.3 Å². The Morgan fingerprint density at radius 3 is 2.95 bits per heavy atom. The van der Waals surface area contributed by atoms with Crippen molar-refractivity contribution in [2.24, 2.45) is 5.73 Å². The minimum atomic E-state index is 0.299. The number of rotatable bonds is 3. The zero-order valence-corrected chi connectivity index (χ0v) is 12.6. The molecule has 2 aromatic rings. The van der Waals surface area contributed by atoms with Crippen LogP contribution in [0.5, 0.6) is 5.75 Å². The molecule has 0 saturated carbocycles. The molecule has 21 heavy (non-hydrogen) atoms. The number of fused-ring (bicyclic) bond motifs is 1. The first-order valence-electron chi connectivity index (χ1n) is 7.31. The van der Waals surface area contributed by atoms with E-state index in [1.54, 1.807) is 7.11 Å². The lowest BCUT2D eigenvalue weighted by atomic mass is 10.1. The average molecular weight is 286 g/mol. The van der Waals surface area contributed by atoms with Gasteiger partial charge in [0.2, 0.25) is 0 Å². The lowest BCUT2D eigenvalue weighted by Gasteiger charge is -2.40. The molecule has 5 nitrogen and oxygen atoms in total. The molecule has 2 heterocycles. The highest BCUT2D eigenvalue weighted by atomic mass is 16.5. The number of nitrogens with two attached hydrogens (primary N) is 1. The number of ether oxygens (including phenoxy) is 1. The summed E-state index contributed by atoms with van der Waals surface area (Å²) in [5.41, 5.74) is 5.97. The standard InChI is InChI=1S/C16H22N4O/c1-19-7-8-20(13(10-17)11-19)16-15-9-14(21-2)4-3-12(15)5-6-18-16/h3-6,9,13H,7-8,10-11,17H2,1-2H3. The fourth-order valence-corrected chi connectivity index (χ4v) is 2.98. The third kappa shape index (κ3) is 2.66. The first kappa shape index (κ1) is 14.1. The number of anilines is 1. The van der Waals surface area contributed by atoms with Gasteiger partial charge in [-0.05, 0) is 30.6 Å². The summed E-state index contributed by atoms with van der Waals surface area (Å²) in [6, 6.07) is 8.45. The Kier molecular flexibility index (Phi) is 3.94. The minimum absolute atomic E-state index is 0.299. The highest BCUT2D eigenvalue weighted by Gasteiger charge is 2.26. The molecular formula is C16H22N4O. The van der Waals surface area contributed by atoms with Gasteiger partial charge >= 0.3 is 0 Å². The summed E-state index contributed by atoms with van der Waals surface area (Å²) >= 11 is 0. The molecule has 112 valence electrons. The maximum atomic E-state index is 5.97. The predicted octanol–water partition coefficient (Wildman–Crippen LogP) is 1.32. The van der Waals surface area contributed by atoms with Crippen molar-refractivity contribution in [3.05, 3.63) is 30.5 Å². The Hall–Kier alpha value is -1.85.